The lowest BCUT2D eigenvalue weighted by atomic mass is 9.81. The van der Waals surface area contributed by atoms with Crippen LogP contribution in [0.3, 0.4) is 0 Å². The molecule has 0 atom stereocenters. The fraction of sp³-hybridized carbons (Fsp3) is 0.0492. The van der Waals surface area contributed by atoms with Crippen molar-refractivity contribution in [1.82, 2.24) is 14.5 Å². The van der Waals surface area contributed by atoms with Gasteiger partial charge in [0.05, 0.1) is 22.4 Å². The lowest BCUT2D eigenvalue weighted by Gasteiger charge is -2.22. The molecule has 9 aromatic carbocycles. The summed E-state index contributed by atoms with van der Waals surface area (Å²) in [5, 5.41) is 2.50. The predicted molar refractivity (Wildman–Crippen MR) is 267 cm³/mol. The number of rotatable bonds is 7. The van der Waals surface area contributed by atoms with Crippen LogP contribution in [0.15, 0.2) is 224 Å². The van der Waals surface area contributed by atoms with E-state index in [9.17, 15) is 0 Å². The summed E-state index contributed by atoms with van der Waals surface area (Å²) < 4.78 is 2.43. The highest BCUT2D eigenvalue weighted by Gasteiger charge is 2.35. The maximum Gasteiger partial charge on any atom is 0.160 e. The summed E-state index contributed by atoms with van der Waals surface area (Å²) in [5.74, 6) is 0.698. The van der Waals surface area contributed by atoms with Crippen LogP contribution in [0, 0.1) is 0 Å². The largest absolute Gasteiger partial charge is 0.309 e. The van der Waals surface area contributed by atoms with Crippen molar-refractivity contribution in [3.05, 3.63) is 236 Å². The van der Waals surface area contributed by atoms with Gasteiger partial charge in [-0.2, -0.15) is 0 Å². The molecule has 0 saturated carbocycles. The number of para-hydroxylation sites is 2. The van der Waals surface area contributed by atoms with Crippen molar-refractivity contribution < 1.29 is 0 Å². The van der Waals surface area contributed by atoms with Gasteiger partial charge in [-0.05, 0) is 98.1 Å². The summed E-state index contributed by atoms with van der Waals surface area (Å²) in [5.41, 5.74) is 20.7. The molecule has 1 aliphatic rings. The zero-order valence-electron chi connectivity index (χ0n) is 35.7. The Bertz CT molecular complexity index is 3490. The lowest BCUT2D eigenvalue weighted by Crippen LogP contribution is -2.14. The Morgan fingerprint density at radius 2 is 0.781 bits per heavy atom. The minimum atomic E-state index is -0.0993. The second-order valence-corrected chi connectivity index (χ2v) is 17.4. The maximum atomic E-state index is 5.20. The van der Waals surface area contributed by atoms with Crippen LogP contribution in [0.1, 0.15) is 25.0 Å². The second-order valence-electron chi connectivity index (χ2n) is 17.4. The highest BCUT2D eigenvalue weighted by atomic mass is 15.0. The topological polar surface area (TPSA) is 30.7 Å². The molecule has 0 bridgehead atoms. The van der Waals surface area contributed by atoms with Crippen LogP contribution in [-0.4, -0.2) is 14.5 Å². The maximum absolute atomic E-state index is 5.20. The van der Waals surface area contributed by atoms with Crippen molar-refractivity contribution >= 4 is 21.8 Å². The molecule has 0 radical (unpaired) electrons. The van der Waals surface area contributed by atoms with Gasteiger partial charge >= 0.3 is 0 Å². The van der Waals surface area contributed by atoms with Crippen molar-refractivity contribution in [3.63, 3.8) is 0 Å². The van der Waals surface area contributed by atoms with Gasteiger partial charge in [-0.15, -0.1) is 0 Å². The van der Waals surface area contributed by atoms with Gasteiger partial charge in [0.1, 0.15) is 0 Å². The number of aromatic nitrogens is 3. The second kappa shape index (κ2) is 15.0. The molecule has 12 rings (SSSR count). The number of benzene rings is 9. The molecule has 0 N–H and O–H groups in total. The number of fused-ring (bicyclic) bond motifs is 6. The molecule has 2 aromatic heterocycles. The van der Waals surface area contributed by atoms with Crippen LogP contribution < -0.4 is 0 Å². The van der Waals surface area contributed by atoms with E-state index in [1.807, 2.05) is 12.1 Å². The number of nitrogens with zero attached hydrogens (tertiary/aromatic N) is 3. The highest BCUT2D eigenvalue weighted by Crippen LogP contribution is 2.50. The normalized spacial score (nSPS) is 12.7. The highest BCUT2D eigenvalue weighted by molar-refractivity contribution is 6.09. The minimum Gasteiger partial charge on any atom is -0.309 e. The quantitative estimate of drug-likeness (QED) is 0.160. The Hall–Kier alpha value is -8.14. The smallest absolute Gasteiger partial charge is 0.160 e. The first-order chi connectivity index (χ1) is 31.5. The van der Waals surface area contributed by atoms with E-state index in [-0.39, 0.29) is 5.41 Å². The van der Waals surface area contributed by atoms with E-state index in [0.29, 0.717) is 5.82 Å². The van der Waals surface area contributed by atoms with E-state index in [0.717, 1.165) is 50.5 Å². The summed E-state index contributed by atoms with van der Waals surface area (Å²) in [7, 11) is 0. The zero-order valence-corrected chi connectivity index (χ0v) is 35.7. The van der Waals surface area contributed by atoms with E-state index >= 15 is 0 Å². The van der Waals surface area contributed by atoms with Crippen LogP contribution >= 0.6 is 0 Å². The average Bonchev–Trinajstić information content (AvgIpc) is 3.82. The minimum absolute atomic E-state index is 0.0993. The molecular formula is C61H43N3. The molecule has 0 fully saturated rings. The van der Waals surface area contributed by atoms with Crippen LogP contribution in [0.25, 0.3) is 106 Å². The Balaban J connectivity index is 0.984. The molecule has 0 unspecified atom stereocenters. The van der Waals surface area contributed by atoms with Gasteiger partial charge in [-0.25, -0.2) is 9.97 Å². The van der Waals surface area contributed by atoms with Gasteiger partial charge in [0.15, 0.2) is 5.82 Å². The molecule has 0 amide bonds. The van der Waals surface area contributed by atoms with E-state index < -0.39 is 0 Å². The first-order valence-electron chi connectivity index (χ1n) is 22.1. The van der Waals surface area contributed by atoms with Crippen LogP contribution in [-0.2, 0) is 5.41 Å². The number of hydrogen-bond acceptors (Lipinski definition) is 2. The molecule has 1 aliphatic carbocycles. The summed E-state index contributed by atoms with van der Waals surface area (Å²) in [6, 6.07) is 80.9. The monoisotopic (exact) mass is 817 g/mol. The number of hydrogen-bond donors (Lipinski definition) is 0. The SMILES string of the molecule is CC1(C)c2ccccc2-c2ccc(-c3cc(-c4ccc(-c5cc(-c6ccccc6)nc(-c6ccc(-c7ccccc7)cc6)n5)cc4)cc(-n4c5ccccc5c5ccccc54)c3)cc21. The fourth-order valence-corrected chi connectivity index (χ4v) is 9.91. The Labute approximate surface area is 373 Å². The van der Waals surface area contributed by atoms with Gasteiger partial charge in [-0.1, -0.05) is 196 Å². The summed E-state index contributed by atoms with van der Waals surface area (Å²) >= 11 is 0. The first-order valence-corrected chi connectivity index (χ1v) is 22.1. The third-order valence-electron chi connectivity index (χ3n) is 13.2. The molecule has 302 valence electrons. The average molecular weight is 818 g/mol. The van der Waals surface area contributed by atoms with Crippen LogP contribution in [0.2, 0.25) is 0 Å². The first kappa shape index (κ1) is 37.6. The van der Waals surface area contributed by atoms with Crippen LogP contribution in [0.4, 0.5) is 0 Å². The molecule has 0 aliphatic heterocycles. The zero-order chi connectivity index (χ0) is 42.8. The Morgan fingerprint density at radius 3 is 1.44 bits per heavy atom. The van der Waals surface area contributed by atoms with Crippen molar-refractivity contribution in [2.24, 2.45) is 0 Å². The van der Waals surface area contributed by atoms with Gasteiger partial charge < -0.3 is 4.57 Å². The Morgan fingerprint density at radius 1 is 0.328 bits per heavy atom. The van der Waals surface area contributed by atoms with E-state index in [2.05, 4.69) is 231 Å². The van der Waals surface area contributed by atoms with Crippen molar-refractivity contribution in [2.45, 2.75) is 19.3 Å². The van der Waals surface area contributed by atoms with Crippen molar-refractivity contribution in [2.75, 3.05) is 0 Å². The summed E-state index contributed by atoms with van der Waals surface area (Å²) in [6.07, 6.45) is 0. The van der Waals surface area contributed by atoms with Gasteiger partial charge in [0.2, 0.25) is 0 Å². The molecule has 3 nitrogen and oxygen atoms in total. The van der Waals surface area contributed by atoms with E-state index in [1.54, 1.807) is 0 Å². The standard InChI is InChI=1S/C61H43N3/c1-61(2)54-22-12-9-19-50(54)51-34-33-46(38-55(51)61)48-35-47(36-49(37-48)64-58-23-13-10-20-52(58)53-21-11-14-24-59(53)64)42-25-29-44(30-26-42)57-39-56(43-17-7-4-8-18-43)62-60(63-57)45-31-27-41(28-32-45)40-15-5-3-6-16-40/h3-39H,1-2H3. The molecule has 11 aromatic rings. The third kappa shape index (κ3) is 6.36. The van der Waals surface area contributed by atoms with Gasteiger partial charge in [-0.3, -0.25) is 0 Å². The van der Waals surface area contributed by atoms with Crippen molar-refractivity contribution in [3.8, 4) is 84.1 Å². The molecular weight excluding hydrogens is 775 g/mol. The van der Waals surface area contributed by atoms with Gasteiger partial charge in [0.25, 0.3) is 0 Å². The van der Waals surface area contributed by atoms with E-state index in [1.165, 1.54) is 60.8 Å². The summed E-state index contributed by atoms with van der Waals surface area (Å²) in [6.45, 7) is 4.71. The van der Waals surface area contributed by atoms with Crippen LogP contribution in [0.5, 0.6) is 0 Å². The molecule has 3 heteroatoms. The fourth-order valence-electron chi connectivity index (χ4n) is 9.91. The Kier molecular flexibility index (Phi) is 8.84. The molecule has 0 saturated heterocycles. The molecule has 2 heterocycles. The predicted octanol–water partition coefficient (Wildman–Crippen LogP) is 15.9. The third-order valence-corrected chi connectivity index (χ3v) is 13.2. The van der Waals surface area contributed by atoms with Gasteiger partial charge in [0, 0.05) is 38.6 Å². The summed E-state index contributed by atoms with van der Waals surface area (Å²) in [4.78, 5) is 10.3. The van der Waals surface area contributed by atoms with Crippen molar-refractivity contribution in [1.29, 1.82) is 0 Å². The lowest BCUT2D eigenvalue weighted by molar-refractivity contribution is 0.660. The molecule has 0 spiro atoms. The van der Waals surface area contributed by atoms with E-state index in [4.69, 9.17) is 9.97 Å². The molecule has 64 heavy (non-hydrogen) atoms.